The number of hydrogen-bond acceptors (Lipinski definition) is 3. The number of amides is 1. The molecule has 1 aliphatic rings. The number of aliphatic hydroxyl groups is 1. The quantitative estimate of drug-likeness (QED) is 0.646. The van der Waals surface area contributed by atoms with Crippen molar-refractivity contribution in [3.63, 3.8) is 0 Å². The number of hydrogen-bond donors (Lipinski definition) is 3. The summed E-state index contributed by atoms with van der Waals surface area (Å²) in [6, 6.07) is -0.479. The fourth-order valence-electron chi connectivity index (χ4n) is 1.45. The molecule has 0 saturated heterocycles. The van der Waals surface area contributed by atoms with Gasteiger partial charge in [-0.2, -0.15) is 0 Å². The Balaban J connectivity index is 0. The summed E-state index contributed by atoms with van der Waals surface area (Å²) >= 11 is 0. The zero-order chi connectivity index (χ0) is 9.14. The Morgan fingerprint density at radius 1 is 1.50 bits per heavy atom. The third kappa shape index (κ3) is 4.26. The highest BCUT2D eigenvalue weighted by Crippen LogP contribution is 2.30. The van der Waals surface area contributed by atoms with Crippen molar-refractivity contribution < 1.29 is 9.90 Å². The first kappa shape index (κ1) is 16.1. The number of aliphatic hydroxyl groups excluding tert-OH is 1. The molecule has 1 saturated carbocycles. The first-order chi connectivity index (χ1) is 5.61. The van der Waals surface area contributed by atoms with E-state index in [0.717, 1.165) is 0 Å². The van der Waals surface area contributed by atoms with Gasteiger partial charge in [0.2, 0.25) is 5.91 Å². The van der Waals surface area contributed by atoms with E-state index < -0.39 is 18.1 Å². The lowest BCUT2D eigenvalue weighted by Crippen LogP contribution is -2.45. The molecule has 86 valence electrons. The second-order valence-corrected chi connectivity index (χ2v) is 3.54. The van der Waals surface area contributed by atoms with Crippen LogP contribution in [0.3, 0.4) is 0 Å². The van der Waals surface area contributed by atoms with Crippen LogP contribution in [-0.4, -0.2) is 23.2 Å². The van der Waals surface area contributed by atoms with Crippen LogP contribution in [0.2, 0.25) is 0 Å². The SMILES string of the molecule is C.Cl.NC(=O)C(O)C(N)CC1CCC1. The van der Waals surface area contributed by atoms with E-state index in [2.05, 4.69) is 0 Å². The van der Waals surface area contributed by atoms with Crippen LogP contribution in [0.5, 0.6) is 0 Å². The van der Waals surface area contributed by atoms with Crippen molar-refractivity contribution in [2.24, 2.45) is 17.4 Å². The molecule has 1 amide bonds. The zero-order valence-corrected chi connectivity index (χ0v) is 8.30. The van der Waals surface area contributed by atoms with Crippen molar-refractivity contribution in [1.82, 2.24) is 0 Å². The molecule has 1 rings (SSSR count). The van der Waals surface area contributed by atoms with Crippen molar-refractivity contribution in [3.05, 3.63) is 0 Å². The van der Waals surface area contributed by atoms with E-state index in [-0.39, 0.29) is 19.8 Å². The first-order valence-electron chi connectivity index (χ1n) is 4.34. The van der Waals surface area contributed by atoms with Crippen LogP contribution in [0, 0.1) is 5.92 Å². The van der Waals surface area contributed by atoms with Gasteiger partial charge >= 0.3 is 0 Å². The summed E-state index contributed by atoms with van der Waals surface area (Å²) in [7, 11) is 0. The van der Waals surface area contributed by atoms with Crippen LogP contribution >= 0.6 is 12.4 Å². The minimum absolute atomic E-state index is 0. The van der Waals surface area contributed by atoms with Crippen LogP contribution in [0.1, 0.15) is 33.1 Å². The van der Waals surface area contributed by atoms with Crippen LogP contribution in [-0.2, 0) is 4.79 Å². The largest absolute Gasteiger partial charge is 0.382 e. The molecule has 1 fully saturated rings. The second-order valence-electron chi connectivity index (χ2n) is 3.54. The molecule has 2 unspecified atom stereocenters. The number of primary amides is 1. The van der Waals surface area contributed by atoms with Crippen LogP contribution in [0.15, 0.2) is 0 Å². The molecule has 0 spiro atoms. The average molecular weight is 225 g/mol. The number of rotatable bonds is 4. The van der Waals surface area contributed by atoms with Crippen LogP contribution < -0.4 is 11.5 Å². The lowest BCUT2D eigenvalue weighted by molar-refractivity contribution is -0.127. The van der Waals surface area contributed by atoms with Crippen molar-refractivity contribution in [2.45, 2.75) is 45.3 Å². The maximum Gasteiger partial charge on any atom is 0.247 e. The molecule has 0 aromatic rings. The Bertz CT molecular complexity index is 174. The molecule has 4 nitrogen and oxygen atoms in total. The summed E-state index contributed by atoms with van der Waals surface area (Å²) < 4.78 is 0. The Morgan fingerprint density at radius 3 is 2.29 bits per heavy atom. The van der Waals surface area contributed by atoms with E-state index in [9.17, 15) is 4.79 Å². The average Bonchev–Trinajstić information content (AvgIpc) is 1.94. The van der Waals surface area contributed by atoms with Gasteiger partial charge in [-0.15, -0.1) is 12.4 Å². The second kappa shape index (κ2) is 7.04. The Hall–Kier alpha value is -0.320. The van der Waals surface area contributed by atoms with Crippen LogP contribution in [0.25, 0.3) is 0 Å². The molecule has 0 aromatic carbocycles. The summed E-state index contributed by atoms with van der Waals surface area (Å²) in [4.78, 5) is 10.5. The molecule has 1 aliphatic carbocycles. The van der Waals surface area contributed by atoms with E-state index in [1.807, 2.05) is 0 Å². The van der Waals surface area contributed by atoms with Crippen molar-refractivity contribution in [1.29, 1.82) is 0 Å². The highest BCUT2D eigenvalue weighted by Gasteiger charge is 2.26. The Labute approximate surface area is 91.4 Å². The summed E-state index contributed by atoms with van der Waals surface area (Å²) in [5, 5.41) is 9.16. The maximum absolute atomic E-state index is 10.5. The fourth-order valence-corrected chi connectivity index (χ4v) is 1.45. The van der Waals surface area contributed by atoms with Gasteiger partial charge in [-0.25, -0.2) is 0 Å². The first-order valence-corrected chi connectivity index (χ1v) is 4.34. The van der Waals surface area contributed by atoms with Gasteiger partial charge in [0, 0.05) is 6.04 Å². The predicted molar refractivity (Wildman–Crippen MR) is 59.1 cm³/mol. The molecule has 5 heteroatoms. The van der Waals surface area contributed by atoms with Crippen molar-refractivity contribution in [3.8, 4) is 0 Å². The topological polar surface area (TPSA) is 89.3 Å². The summed E-state index contributed by atoms with van der Waals surface area (Å²) in [6.45, 7) is 0. The third-order valence-electron chi connectivity index (χ3n) is 2.53. The molecule has 0 radical (unpaired) electrons. The monoisotopic (exact) mass is 224 g/mol. The van der Waals surface area contributed by atoms with Gasteiger partial charge in [-0.3, -0.25) is 4.79 Å². The molecule has 0 aromatic heterocycles. The molecule has 0 heterocycles. The van der Waals surface area contributed by atoms with E-state index >= 15 is 0 Å². The maximum atomic E-state index is 10.5. The molecule has 2 atom stereocenters. The van der Waals surface area contributed by atoms with E-state index in [0.29, 0.717) is 12.3 Å². The number of nitrogens with two attached hydrogens (primary N) is 2. The summed E-state index contributed by atoms with van der Waals surface area (Å²) in [6.07, 6.45) is 3.11. The van der Waals surface area contributed by atoms with Gasteiger partial charge in [0.1, 0.15) is 6.10 Å². The normalized spacial score (nSPS) is 19.6. The molecular formula is C9H21ClN2O2. The van der Waals surface area contributed by atoms with Gasteiger partial charge < -0.3 is 16.6 Å². The predicted octanol–water partition coefficient (Wildman–Crippen LogP) is 0.408. The van der Waals surface area contributed by atoms with Gasteiger partial charge in [0.25, 0.3) is 0 Å². The summed E-state index contributed by atoms with van der Waals surface area (Å²) in [5.41, 5.74) is 10.5. The van der Waals surface area contributed by atoms with Crippen molar-refractivity contribution in [2.75, 3.05) is 0 Å². The van der Waals surface area contributed by atoms with Gasteiger partial charge in [-0.05, 0) is 12.3 Å². The standard InChI is InChI=1S/C8H16N2O2.CH4.ClH/c9-6(7(11)8(10)12)4-5-2-1-3-5;;/h5-7,11H,1-4,9H2,(H2,10,12);1H4;1H. The molecule has 0 bridgehead atoms. The van der Waals surface area contributed by atoms with Gasteiger partial charge in [0.05, 0.1) is 0 Å². The zero-order valence-electron chi connectivity index (χ0n) is 7.48. The summed E-state index contributed by atoms with van der Waals surface area (Å²) in [5.74, 6) is -0.129. The highest BCUT2D eigenvalue weighted by molar-refractivity contribution is 5.85. The molecule has 5 N–H and O–H groups in total. The van der Waals surface area contributed by atoms with Crippen LogP contribution in [0.4, 0.5) is 0 Å². The fraction of sp³-hybridized carbons (Fsp3) is 0.889. The minimum Gasteiger partial charge on any atom is -0.382 e. The van der Waals surface area contributed by atoms with E-state index in [1.54, 1.807) is 0 Å². The number of halogens is 1. The lowest BCUT2D eigenvalue weighted by atomic mass is 9.80. The Morgan fingerprint density at radius 2 is 2.00 bits per heavy atom. The van der Waals surface area contributed by atoms with Gasteiger partial charge in [0.15, 0.2) is 0 Å². The van der Waals surface area contributed by atoms with Crippen molar-refractivity contribution >= 4 is 18.3 Å². The molecular weight excluding hydrogens is 204 g/mol. The van der Waals surface area contributed by atoms with E-state index in [1.165, 1.54) is 19.3 Å². The number of carbonyl (C=O) groups excluding carboxylic acids is 1. The van der Waals surface area contributed by atoms with Gasteiger partial charge in [-0.1, -0.05) is 26.7 Å². The smallest absolute Gasteiger partial charge is 0.247 e. The highest BCUT2D eigenvalue weighted by atomic mass is 35.5. The Kier molecular flexibility index (Phi) is 8.10. The third-order valence-corrected chi connectivity index (χ3v) is 2.53. The molecule has 14 heavy (non-hydrogen) atoms. The lowest BCUT2D eigenvalue weighted by Gasteiger charge is -2.29. The minimum atomic E-state index is -1.18. The number of carbonyl (C=O) groups is 1. The van der Waals surface area contributed by atoms with E-state index in [4.69, 9.17) is 16.6 Å². The molecule has 0 aliphatic heterocycles.